The lowest BCUT2D eigenvalue weighted by atomic mass is 9.96. The Kier molecular flexibility index (Phi) is 40.5. The van der Waals surface area contributed by atoms with Crippen molar-refractivity contribution in [3.8, 4) is 11.5 Å². The molecule has 3 aromatic carbocycles. The number of rotatable bonds is 49. The number of benzene rings is 3. The number of carbonyl (C=O) groups excluding carboxylic acids is 13. The Bertz CT molecular complexity index is 3670. The van der Waals surface area contributed by atoms with E-state index in [1.807, 2.05) is 0 Å². The van der Waals surface area contributed by atoms with Crippen molar-refractivity contribution in [3.63, 3.8) is 0 Å². The number of aliphatic hydroxyl groups is 4. The molecule has 0 unspecified atom stereocenters. The molecule has 13 amide bonds. The van der Waals surface area contributed by atoms with E-state index in [2.05, 4.69) is 69.1 Å². The van der Waals surface area contributed by atoms with Gasteiger partial charge in [-0.05, 0) is 97.9 Å². The second kappa shape index (κ2) is 47.8. The summed E-state index contributed by atoms with van der Waals surface area (Å²) in [5.41, 5.74) is 7.18. The van der Waals surface area contributed by atoms with Crippen LogP contribution in [0.25, 0.3) is 0 Å². The second-order valence-electron chi connectivity index (χ2n) is 26.2. The molecule has 0 fully saturated rings. The molecule has 3 aromatic rings. The summed E-state index contributed by atoms with van der Waals surface area (Å²) >= 11 is 1.34. The molecule has 0 aliphatic carbocycles. The van der Waals surface area contributed by atoms with Crippen LogP contribution in [-0.2, 0) is 96.0 Å². The van der Waals surface area contributed by atoms with Gasteiger partial charge in [0, 0.05) is 19.3 Å². The van der Waals surface area contributed by atoms with Gasteiger partial charge in [0.25, 0.3) is 0 Å². The summed E-state index contributed by atoms with van der Waals surface area (Å²) in [5.74, 6) is -20.6. The van der Waals surface area contributed by atoms with E-state index in [1.54, 1.807) is 57.4 Å². The normalized spacial score (nSPS) is 15.4. The van der Waals surface area contributed by atoms with Gasteiger partial charge in [-0.2, -0.15) is 11.8 Å². The van der Waals surface area contributed by atoms with Crippen molar-refractivity contribution in [1.82, 2.24) is 69.1 Å². The summed E-state index contributed by atoms with van der Waals surface area (Å²) in [6, 6.07) is -3.09. The van der Waals surface area contributed by atoms with Gasteiger partial charge in [-0.1, -0.05) is 95.1 Å². The fraction of sp³-hybridized carbons (Fsp3) is 0.521. The van der Waals surface area contributed by atoms with Crippen molar-refractivity contribution < 1.29 is 123 Å². The SMILES string of the molecule is CC[C@H](C)[C@H](NC(=O)[C@H](CO)NC(=O)[C@H](Cc1ccc(O)cc1)NC(=O)[C@H](CC(=O)O)NC(=O)[C@H](CO)NC(=O)[C@@H](NC(=O)[C@H](Cc1ccccc1)NC(=O)[C@@H](NC(=O)CNC(=O)[C@H](CCC(=O)O)NC(=O)[C@H](CO)NC(=O)[C@@H](N)Cc1ccc(O)cc1)[C@@H](C)O)[C@@H](C)CC)C(=O)N[C@@H](C)C(=O)N[C@@H](CCSC)C(=O)O. The zero-order valence-corrected chi connectivity index (χ0v) is 63.0. The number of thioether (sulfide) groups is 1. The summed E-state index contributed by atoms with van der Waals surface area (Å²) in [5, 5.41) is 120. The van der Waals surface area contributed by atoms with Gasteiger partial charge in [-0.25, -0.2) is 4.79 Å². The maximum absolute atomic E-state index is 14.5. The highest BCUT2D eigenvalue weighted by atomic mass is 32.2. The lowest BCUT2D eigenvalue weighted by molar-refractivity contribution is -0.142. The van der Waals surface area contributed by atoms with Crippen LogP contribution in [0, 0.1) is 11.8 Å². The molecule has 39 nitrogen and oxygen atoms in total. The third kappa shape index (κ3) is 32.6. The van der Waals surface area contributed by atoms with Crippen LogP contribution in [0.2, 0.25) is 0 Å². The molecule has 0 aliphatic rings. The molecule has 16 atom stereocenters. The first-order valence-corrected chi connectivity index (χ1v) is 36.7. The van der Waals surface area contributed by atoms with Crippen molar-refractivity contribution >= 4 is 106 Å². The molecular weight excluding hydrogens is 1480 g/mol. The molecular formula is C71H102N14O25S. The molecule has 0 spiro atoms. The molecule has 0 bridgehead atoms. The summed E-state index contributed by atoms with van der Waals surface area (Å²) in [4.78, 5) is 215. The number of carboxylic acids is 3. The number of carboxylic acid groups (broad SMARTS) is 3. The summed E-state index contributed by atoms with van der Waals surface area (Å²) in [7, 11) is 0. The van der Waals surface area contributed by atoms with Crippen molar-refractivity contribution in [2.45, 2.75) is 184 Å². The summed E-state index contributed by atoms with van der Waals surface area (Å²) in [6.07, 6.45) is -2.95. The van der Waals surface area contributed by atoms with Crippen molar-refractivity contribution in [3.05, 3.63) is 95.6 Å². The standard InChI is InChI=1S/C71H102N14O25S/c1-8-35(3)56(68(106)74-37(5)59(97)76-46(71(109)110)25-26-111-7)85-67(105)52(34-88)81-62(100)47(29-41-17-21-43(91)22-18-41)77-63(101)49(30-55(95)96)78-66(104)51(33-87)82-69(107)57(36(4)9-2)84-64(102)48(28-39-13-11-10-12-14-39)79-70(108)58(38(6)89)83-53(92)31-73-61(99)45(23-24-54(93)94)75-65(103)50(32-86)80-60(98)44(72)27-40-15-19-42(90)20-16-40/h10-22,35-38,44-52,56-58,86-91H,8-9,23-34,72H2,1-7H3,(H,73,99)(H,74,106)(H,75,103)(H,76,97)(H,77,101)(H,78,104)(H,79,108)(H,80,98)(H,81,100)(H,82,107)(H,83,92)(H,84,102)(H,85,105)(H,93,94)(H,95,96)(H,109,110)/t35-,36-,37-,38+,44-,45-,46-,47-,48-,49-,50-,51-,52-,56-,57-,58-/m0/s1. The summed E-state index contributed by atoms with van der Waals surface area (Å²) < 4.78 is 0. The third-order valence-corrected chi connectivity index (χ3v) is 18.1. The van der Waals surface area contributed by atoms with Crippen molar-refractivity contribution in [1.29, 1.82) is 0 Å². The first-order valence-electron chi connectivity index (χ1n) is 35.3. The van der Waals surface area contributed by atoms with Gasteiger partial charge in [0.05, 0.1) is 44.9 Å². The number of nitrogens with two attached hydrogens (primary N) is 1. The molecule has 0 radical (unpaired) electrons. The predicted molar refractivity (Wildman–Crippen MR) is 395 cm³/mol. The number of amides is 13. The number of carbonyl (C=O) groups is 16. The molecule has 0 saturated carbocycles. The first-order chi connectivity index (χ1) is 52.4. The van der Waals surface area contributed by atoms with E-state index in [4.69, 9.17) is 5.73 Å². The molecule has 3 rings (SSSR count). The van der Waals surface area contributed by atoms with E-state index < -0.39 is 243 Å². The van der Waals surface area contributed by atoms with Crippen molar-refractivity contribution in [2.75, 3.05) is 38.4 Å². The van der Waals surface area contributed by atoms with Gasteiger partial charge < -0.3 is 121 Å². The number of phenols is 2. The minimum atomic E-state index is -2.13. The van der Waals surface area contributed by atoms with E-state index in [0.717, 1.165) is 6.92 Å². The molecule has 0 aliphatic heterocycles. The van der Waals surface area contributed by atoms with Gasteiger partial charge in [0.2, 0.25) is 76.8 Å². The number of aliphatic carboxylic acids is 3. The smallest absolute Gasteiger partial charge is 0.326 e. The van der Waals surface area contributed by atoms with Crippen LogP contribution in [0.15, 0.2) is 78.9 Å². The zero-order valence-electron chi connectivity index (χ0n) is 62.2. The fourth-order valence-electron chi connectivity index (χ4n) is 10.5. The van der Waals surface area contributed by atoms with Crippen LogP contribution in [0.4, 0.5) is 0 Å². The zero-order chi connectivity index (χ0) is 83.4. The van der Waals surface area contributed by atoms with Crippen LogP contribution >= 0.6 is 11.8 Å². The lowest BCUT2D eigenvalue weighted by Crippen LogP contribution is -2.63. The molecule has 111 heavy (non-hydrogen) atoms. The van der Waals surface area contributed by atoms with Crippen LogP contribution in [0.3, 0.4) is 0 Å². The highest BCUT2D eigenvalue weighted by Gasteiger charge is 2.39. The Morgan fingerprint density at radius 3 is 1.25 bits per heavy atom. The van der Waals surface area contributed by atoms with Crippen molar-refractivity contribution in [2.24, 2.45) is 17.6 Å². The highest BCUT2D eigenvalue weighted by Crippen LogP contribution is 2.17. The van der Waals surface area contributed by atoms with E-state index in [9.17, 15) is 123 Å². The van der Waals surface area contributed by atoms with E-state index in [-0.39, 0.29) is 49.2 Å². The second-order valence-corrected chi connectivity index (χ2v) is 27.2. The molecule has 0 saturated heterocycles. The Labute approximate surface area is 642 Å². The largest absolute Gasteiger partial charge is 0.508 e. The monoisotopic (exact) mass is 1580 g/mol. The van der Waals surface area contributed by atoms with E-state index in [1.165, 1.54) is 74.1 Å². The third-order valence-electron chi connectivity index (χ3n) is 17.5. The van der Waals surface area contributed by atoms with Gasteiger partial charge in [0.15, 0.2) is 0 Å². The Hall–Kier alpha value is -11.1. The first kappa shape index (κ1) is 94.1. The Morgan fingerprint density at radius 1 is 0.405 bits per heavy atom. The topological polar surface area (TPSA) is 638 Å². The fourth-order valence-corrected chi connectivity index (χ4v) is 11.0. The number of hydrogen-bond donors (Lipinski definition) is 23. The maximum Gasteiger partial charge on any atom is 0.326 e. The van der Waals surface area contributed by atoms with Crippen LogP contribution in [-0.4, -0.2) is 264 Å². The van der Waals surface area contributed by atoms with Crippen LogP contribution < -0.4 is 74.9 Å². The van der Waals surface area contributed by atoms with Crippen LogP contribution in [0.5, 0.6) is 11.5 Å². The molecule has 0 heterocycles. The summed E-state index contributed by atoms with van der Waals surface area (Å²) in [6.45, 7) is 4.30. The molecule has 612 valence electrons. The van der Waals surface area contributed by atoms with Gasteiger partial charge in [0.1, 0.15) is 84.0 Å². The molecule has 24 N–H and O–H groups in total. The number of aromatic hydroxyl groups is 2. The number of nitrogens with one attached hydrogen (secondary N) is 13. The maximum atomic E-state index is 14.5. The molecule has 40 heteroatoms. The van der Waals surface area contributed by atoms with Gasteiger partial charge in [-0.15, -0.1) is 0 Å². The van der Waals surface area contributed by atoms with E-state index >= 15 is 0 Å². The van der Waals surface area contributed by atoms with E-state index in [0.29, 0.717) is 16.9 Å². The van der Waals surface area contributed by atoms with Gasteiger partial charge in [-0.3, -0.25) is 71.9 Å². The Morgan fingerprint density at radius 2 is 0.793 bits per heavy atom. The number of aliphatic hydroxyl groups excluding tert-OH is 4. The van der Waals surface area contributed by atoms with Crippen LogP contribution in [0.1, 0.15) is 96.8 Å². The van der Waals surface area contributed by atoms with Gasteiger partial charge >= 0.3 is 17.9 Å². The average molecular weight is 1580 g/mol. The quantitative estimate of drug-likeness (QED) is 0.0250. The Balaban J connectivity index is 1.84. The highest BCUT2D eigenvalue weighted by molar-refractivity contribution is 7.98. The minimum absolute atomic E-state index is 0.0517. The lowest BCUT2D eigenvalue weighted by Gasteiger charge is -2.29. The number of phenolic OH excluding ortho intramolecular Hbond substituents is 2. The predicted octanol–water partition coefficient (Wildman–Crippen LogP) is -5.97. The number of hydrogen-bond acceptors (Lipinski definition) is 24. The molecule has 0 aromatic heterocycles. The average Bonchev–Trinajstić information content (AvgIpc) is 0.847. The minimum Gasteiger partial charge on any atom is -0.508 e.